The van der Waals surface area contributed by atoms with E-state index in [4.69, 9.17) is 9.47 Å². The third-order valence-corrected chi connectivity index (χ3v) is 6.13. The van der Waals surface area contributed by atoms with Gasteiger partial charge in [-0.3, -0.25) is 0 Å². The molecule has 0 aromatic heterocycles. The molecule has 0 saturated heterocycles. The van der Waals surface area contributed by atoms with Crippen LogP contribution in [-0.2, 0) is 16.1 Å². The first-order valence-electron chi connectivity index (χ1n) is 11.4. The quantitative estimate of drug-likeness (QED) is 0.279. The van der Waals surface area contributed by atoms with Crippen molar-refractivity contribution in [2.45, 2.75) is 52.1 Å². The Morgan fingerprint density at radius 1 is 0.970 bits per heavy atom. The second-order valence-corrected chi connectivity index (χ2v) is 8.59. The van der Waals surface area contributed by atoms with Crippen molar-refractivity contribution in [1.29, 1.82) is 0 Å². The Morgan fingerprint density at radius 3 is 2.27 bits per heavy atom. The van der Waals surface area contributed by atoms with E-state index < -0.39 is 17.5 Å². The van der Waals surface area contributed by atoms with Gasteiger partial charge < -0.3 is 9.47 Å². The van der Waals surface area contributed by atoms with Gasteiger partial charge in [0.2, 0.25) is 0 Å². The van der Waals surface area contributed by atoms with E-state index in [0.29, 0.717) is 23.7 Å². The molecule has 0 amide bonds. The van der Waals surface area contributed by atoms with Crippen LogP contribution in [0.4, 0.5) is 13.2 Å². The Balaban J connectivity index is 1.65. The van der Waals surface area contributed by atoms with Gasteiger partial charge in [-0.1, -0.05) is 69.3 Å². The number of ether oxygens (including phenoxy) is 2. The third-order valence-electron chi connectivity index (χ3n) is 6.13. The molecule has 5 heteroatoms. The molecule has 0 atom stereocenters. The van der Waals surface area contributed by atoms with Crippen molar-refractivity contribution >= 4 is 0 Å². The molecule has 2 nitrogen and oxygen atoms in total. The molecule has 33 heavy (non-hydrogen) atoms. The van der Waals surface area contributed by atoms with Crippen molar-refractivity contribution < 1.29 is 22.6 Å². The van der Waals surface area contributed by atoms with Crippen LogP contribution in [0, 0.1) is 17.6 Å². The minimum absolute atomic E-state index is 0.0788. The molecule has 3 rings (SSSR count). The molecule has 2 aromatic rings. The van der Waals surface area contributed by atoms with Gasteiger partial charge in [0.25, 0.3) is 0 Å². The van der Waals surface area contributed by atoms with Gasteiger partial charge in [-0.05, 0) is 48.3 Å². The summed E-state index contributed by atoms with van der Waals surface area (Å²) in [7, 11) is 0. The summed E-state index contributed by atoms with van der Waals surface area (Å²) in [5.74, 6) is -1.42. The zero-order chi connectivity index (χ0) is 24.0. The van der Waals surface area contributed by atoms with Gasteiger partial charge in [-0.25, -0.2) is 13.2 Å². The van der Waals surface area contributed by atoms with Crippen molar-refractivity contribution in [2.75, 3.05) is 6.61 Å². The predicted molar refractivity (Wildman–Crippen MR) is 126 cm³/mol. The molecule has 0 heterocycles. The standard InChI is InChI=1S/C28H31F3O2/c1-5-32-20(4)26(29)16-19(3)33-17-21-8-12-23(13-9-21)25-15-14-24(27(30)28(25)31)22-10-6-18(2)7-11-22/h8-9,12-16,18,22H,3-7,10-11,17H2,1-2H3/b26-16+. The summed E-state index contributed by atoms with van der Waals surface area (Å²) in [4.78, 5) is 0. The highest BCUT2D eigenvalue weighted by atomic mass is 19.2. The fourth-order valence-corrected chi connectivity index (χ4v) is 4.14. The summed E-state index contributed by atoms with van der Waals surface area (Å²) in [5.41, 5.74) is 2.08. The summed E-state index contributed by atoms with van der Waals surface area (Å²) in [6, 6.07) is 10.3. The molecule has 1 aliphatic rings. The van der Waals surface area contributed by atoms with Crippen LogP contribution in [0.1, 0.15) is 56.6 Å². The lowest BCUT2D eigenvalue weighted by Gasteiger charge is -2.27. The zero-order valence-electron chi connectivity index (χ0n) is 19.3. The highest BCUT2D eigenvalue weighted by Gasteiger charge is 2.25. The lowest BCUT2D eigenvalue weighted by molar-refractivity contribution is 0.207. The molecular weight excluding hydrogens is 425 g/mol. The molecule has 0 bridgehead atoms. The Labute approximate surface area is 194 Å². The molecule has 1 fully saturated rings. The van der Waals surface area contributed by atoms with Crippen LogP contribution in [-0.4, -0.2) is 6.61 Å². The molecular formula is C28H31F3O2. The maximum Gasteiger partial charge on any atom is 0.168 e. The van der Waals surface area contributed by atoms with Crippen molar-refractivity contribution in [3.63, 3.8) is 0 Å². The van der Waals surface area contributed by atoms with Crippen LogP contribution < -0.4 is 0 Å². The Bertz CT molecular complexity index is 1020. The average molecular weight is 457 g/mol. The lowest BCUT2D eigenvalue weighted by Crippen LogP contribution is -2.13. The minimum Gasteiger partial charge on any atom is -0.491 e. The van der Waals surface area contributed by atoms with Crippen LogP contribution >= 0.6 is 0 Å². The molecule has 0 aliphatic heterocycles. The highest BCUT2D eigenvalue weighted by molar-refractivity contribution is 5.65. The van der Waals surface area contributed by atoms with Gasteiger partial charge in [0.05, 0.1) is 6.61 Å². The Morgan fingerprint density at radius 2 is 1.64 bits per heavy atom. The SMILES string of the molecule is C=C(/C=C(/F)C(=C)OCC)OCc1ccc(-c2ccc(C3CCC(C)CC3)c(F)c2F)cc1. The molecule has 176 valence electrons. The van der Waals surface area contributed by atoms with E-state index in [9.17, 15) is 13.2 Å². The smallest absolute Gasteiger partial charge is 0.168 e. The molecule has 0 spiro atoms. The summed E-state index contributed by atoms with van der Waals surface area (Å²) >= 11 is 0. The first-order valence-corrected chi connectivity index (χ1v) is 11.4. The van der Waals surface area contributed by atoms with Crippen LogP contribution in [0.2, 0.25) is 0 Å². The van der Waals surface area contributed by atoms with Crippen LogP contribution in [0.15, 0.2) is 73.0 Å². The maximum absolute atomic E-state index is 14.9. The molecule has 1 saturated carbocycles. The third kappa shape index (κ3) is 6.31. The van der Waals surface area contributed by atoms with Gasteiger partial charge in [0, 0.05) is 11.6 Å². The van der Waals surface area contributed by atoms with E-state index in [2.05, 4.69) is 20.1 Å². The topological polar surface area (TPSA) is 18.5 Å². The fraction of sp³-hybridized carbons (Fsp3) is 0.357. The first-order chi connectivity index (χ1) is 15.8. The van der Waals surface area contributed by atoms with Gasteiger partial charge in [-0.15, -0.1) is 0 Å². The predicted octanol–water partition coefficient (Wildman–Crippen LogP) is 8.36. The zero-order valence-corrected chi connectivity index (χ0v) is 19.3. The Hall–Kier alpha value is -2.95. The minimum atomic E-state index is -0.807. The molecule has 2 aromatic carbocycles. The van der Waals surface area contributed by atoms with Gasteiger partial charge in [-0.2, -0.15) is 0 Å². The van der Waals surface area contributed by atoms with E-state index in [0.717, 1.165) is 37.3 Å². The van der Waals surface area contributed by atoms with Crippen molar-refractivity contribution in [3.05, 3.63) is 95.7 Å². The summed E-state index contributed by atoms with van der Waals surface area (Å²) in [6.45, 7) is 11.5. The van der Waals surface area contributed by atoms with Gasteiger partial charge >= 0.3 is 0 Å². The van der Waals surface area contributed by atoms with Crippen LogP contribution in [0.3, 0.4) is 0 Å². The number of allylic oxidation sites excluding steroid dienone is 2. The van der Waals surface area contributed by atoms with E-state index in [-0.39, 0.29) is 29.6 Å². The summed E-state index contributed by atoms with van der Waals surface area (Å²) in [5, 5.41) is 0. The second-order valence-electron chi connectivity index (χ2n) is 8.59. The fourth-order valence-electron chi connectivity index (χ4n) is 4.14. The number of halogens is 3. The molecule has 1 aliphatic carbocycles. The monoisotopic (exact) mass is 456 g/mol. The van der Waals surface area contributed by atoms with Crippen LogP contribution in [0.5, 0.6) is 0 Å². The highest BCUT2D eigenvalue weighted by Crippen LogP contribution is 2.38. The average Bonchev–Trinajstić information content (AvgIpc) is 2.81. The van der Waals surface area contributed by atoms with E-state index >= 15 is 0 Å². The van der Waals surface area contributed by atoms with Crippen LogP contribution in [0.25, 0.3) is 11.1 Å². The van der Waals surface area contributed by atoms with Gasteiger partial charge in [0.15, 0.2) is 17.5 Å². The maximum atomic E-state index is 14.9. The number of rotatable bonds is 9. The second kappa shape index (κ2) is 11.3. The number of hydrogen-bond acceptors (Lipinski definition) is 2. The van der Waals surface area contributed by atoms with Crippen molar-refractivity contribution in [3.8, 4) is 11.1 Å². The van der Waals surface area contributed by atoms with E-state index in [1.165, 1.54) is 0 Å². The largest absolute Gasteiger partial charge is 0.491 e. The van der Waals surface area contributed by atoms with Crippen molar-refractivity contribution in [1.82, 2.24) is 0 Å². The van der Waals surface area contributed by atoms with Crippen molar-refractivity contribution in [2.24, 2.45) is 5.92 Å². The molecule has 0 radical (unpaired) electrons. The normalized spacial score (nSPS) is 18.6. The first kappa shape index (κ1) is 24.7. The molecule has 0 unspecified atom stereocenters. The van der Waals surface area contributed by atoms with E-state index in [1.807, 2.05) is 0 Å². The number of hydrogen-bond donors (Lipinski definition) is 0. The Kier molecular flexibility index (Phi) is 8.43. The van der Waals surface area contributed by atoms with Gasteiger partial charge in [0.1, 0.15) is 18.1 Å². The number of benzene rings is 2. The van der Waals surface area contributed by atoms with E-state index in [1.54, 1.807) is 43.3 Å². The summed E-state index contributed by atoms with van der Waals surface area (Å²) in [6.07, 6.45) is 5.00. The molecule has 0 N–H and O–H groups in total. The lowest BCUT2D eigenvalue weighted by atomic mass is 9.79. The summed E-state index contributed by atoms with van der Waals surface area (Å²) < 4.78 is 54.1.